The molecule has 1 aliphatic carbocycles. The second kappa shape index (κ2) is 7.22. The van der Waals surface area contributed by atoms with Crippen LogP contribution in [0.3, 0.4) is 0 Å². The maximum absolute atomic E-state index is 12.0. The number of nitrogens with one attached hydrogen (secondary N) is 1. The van der Waals surface area contributed by atoms with Crippen LogP contribution in [0.25, 0.3) is 0 Å². The third-order valence-electron chi connectivity index (χ3n) is 3.39. The first-order valence-corrected chi connectivity index (χ1v) is 8.69. The highest BCUT2D eigenvalue weighted by atomic mass is 79.9. The van der Waals surface area contributed by atoms with E-state index in [2.05, 4.69) is 21.2 Å². The first kappa shape index (κ1) is 15.5. The van der Waals surface area contributed by atoms with Gasteiger partial charge in [0.05, 0.1) is 12.7 Å². The Morgan fingerprint density at radius 2 is 2.05 bits per heavy atom. The van der Waals surface area contributed by atoms with Gasteiger partial charge in [-0.25, -0.2) is 4.79 Å². The fraction of sp³-hybridized carbons (Fsp3) is 0.571. The number of methoxy groups -OCH3 is 1. The molecular weight excluding hydrogens is 342 g/mol. The van der Waals surface area contributed by atoms with Crippen LogP contribution in [0.1, 0.15) is 46.5 Å². The van der Waals surface area contributed by atoms with E-state index in [1.807, 2.05) is 0 Å². The lowest BCUT2D eigenvalue weighted by molar-refractivity contribution is -0.115. The molecule has 4 nitrogen and oxygen atoms in total. The highest BCUT2D eigenvalue weighted by molar-refractivity contribution is 9.09. The highest BCUT2D eigenvalue weighted by Crippen LogP contribution is 2.37. The zero-order chi connectivity index (χ0) is 14.5. The summed E-state index contributed by atoms with van der Waals surface area (Å²) in [6.45, 7) is 0. The van der Waals surface area contributed by atoms with Crippen molar-refractivity contribution in [3.63, 3.8) is 0 Å². The number of ether oxygens (including phenoxy) is 1. The van der Waals surface area contributed by atoms with Gasteiger partial charge in [0.1, 0.15) is 5.00 Å². The molecule has 0 spiro atoms. The molecule has 1 aromatic rings. The van der Waals surface area contributed by atoms with Crippen LogP contribution in [-0.4, -0.2) is 24.3 Å². The van der Waals surface area contributed by atoms with Crippen LogP contribution >= 0.6 is 27.3 Å². The molecule has 0 aliphatic heterocycles. The third-order valence-corrected chi connectivity index (χ3v) is 4.99. The Bertz CT molecular complexity index is 513. The van der Waals surface area contributed by atoms with Gasteiger partial charge in [-0.15, -0.1) is 11.3 Å². The molecule has 0 saturated heterocycles. The van der Waals surface area contributed by atoms with Gasteiger partial charge in [0.2, 0.25) is 5.91 Å². The molecule has 0 saturated carbocycles. The average molecular weight is 360 g/mol. The van der Waals surface area contributed by atoms with Crippen LogP contribution in [0, 0.1) is 0 Å². The maximum Gasteiger partial charge on any atom is 0.341 e. The predicted octanol–water partition coefficient (Wildman–Crippen LogP) is 3.53. The van der Waals surface area contributed by atoms with Gasteiger partial charge in [-0.1, -0.05) is 22.4 Å². The van der Waals surface area contributed by atoms with E-state index in [0.717, 1.165) is 31.2 Å². The fourth-order valence-corrected chi connectivity index (χ4v) is 4.08. The summed E-state index contributed by atoms with van der Waals surface area (Å²) in [5.41, 5.74) is 1.64. The van der Waals surface area contributed by atoms with Crippen LogP contribution < -0.4 is 5.32 Å². The molecule has 2 rings (SSSR count). The van der Waals surface area contributed by atoms with Crippen molar-refractivity contribution in [2.45, 2.75) is 38.5 Å². The van der Waals surface area contributed by atoms with Crippen molar-refractivity contribution < 1.29 is 14.3 Å². The van der Waals surface area contributed by atoms with Crippen molar-refractivity contribution in [1.29, 1.82) is 0 Å². The Morgan fingerprint density at radius 3 is 2.75 bits per heavy atom. The first-order chi connectivity index (χ1) is 9.67. The number of hydrogen-bond acceptors (Lipinski definition) is 4. The van der Waals surface area contributed by atoms with E-state index in [1.165, 1.54) is 29.7 Å². The summed E-state index contributed by atoms with van der Waals surface area (Å²) in [5.74, 6) is -0.429. The number of anilines is 1. The lowest BCUT2D eigenvalue weighted by Crippen LogP contribution is -2.14. The molecule has 0 bridgehead atoms. The number of fused-ring (bicyclic) bond motifs is 1. The van der Waals surface area contributed by atoms with Crippen molar-refractivity contribution in [3.8, 4) is 0 Å². The Labute approximate surface area is 131 Å². The topological polar surface area (TPSA) is 55.4 Å². The molecule has 0 aromatic carbocycles. The van der Waals surface area contributed by atoms with Crippen LogP contribution in [-0.2, 0) is 22.4 Å². The molecule has 0 radical (unpaired) electrons. The normalized spacial score (nSPS) is 14.3. The zero-order valence-electron chi connectivity index (χ0n) is 11.5. The Hall–Kier alpha value is -0.880. The minimum atomic E-state index is -0.349. The molecule has 0 unspecified atom stereocenters. The number of rotatable bonds is 4. The summed E-state index contributed by atoms with van der Waals surface area (Å²) in [7, 11) is 1.38. The van der Waals surface area contributed by atoms with Crippen molar-refractivity contribution in [3.05, 3.63) is 16.0 Å². The number of alkyl halides is 1. The highest BCUT2D eigenvalue weighted by Gasteiger charge is 2.26. The van der Waals surface area contributed by atoms with E-state index < -0.39 is 0 Å². The van der Waals surface area contributed by atoms with Gasteiger partial charge < -0.3 is 10.1 Å². The minimum absolute atomic E-state index is 0.0802. The number of carbonyl (C=O) groups is 2. The average Bonchev–Trinajstić information content (AvgIpc) is 2.60. The molecule has 1 amide bonds. The lowest BCUT2D eigenvalue weighted by Gasteiger charge is -2.06. The molecule has 1 N–H and O–H groups in total. The molecule has 1 aliphatic rings. The molecule has 1 heterocycles. The number of thiophene rings is 1. The molecule has 20 heavy (non-hydrogen) atoms. The third kappa shape index (κ3) is 3.41. The van der Waals surface area contributed by atoms with Gasteiger partial charge >= 0.3 is 5.97 Å². The van der Waals surface area contributed by atoms with Crippen LogP contribution in [0.2, 0.25) is 0 Å². The van der Waals surface area contributed by atoms with E-state index in [0.29, 0.717) is 22.3 Å². The summed E-state index contributed by atoms with van der Waals surface area (Å²) in [6, 6.07) is 0. The molecule has 110 valence electrons. The fourth-order valence-electron chi connectivity index (χ4n) is 2.42. The van der Waals surface area contributed by atoms with Gasteiger partial charge in [0.25, 0.3) is 0 Å². The van der Waals surface area contributed by atoms with Crippen molar-refractivity contribution >= 4 is 44.1 Å². The van der Waals surface area contributed by atoms with Crippen LogP contribution in [0.5, 0.6) is 0 Å². The van der Waals surface area contributed by atoms with Crippen molar-refractivity contribution in [2.24, 2.45) is 0 Å². The molecule has 6 heteroatoms. The predicted molar refractivity (Wildman–Crippen MR) is 84.0 cm³/mol. The SMILES string of the molecule is COC(=O)c1c(NC(=O)CCBr)sc2c1CCCCC2. The van der Waals surface area contributed by atoms with Crippen LogP contribution in [0.15, 0.2) is 0 Å². The van der Waals surface area contributed by atoms with E-state index in [4.69, 9.17) is 4.74 Å². The van der Waals surface area contributed by atoms with Crippen molar-refractivity contribution in [2.75, 3.05) is 17.8 Å². The first-order valence-electron chi connectivity index (χ1n) is 6.76. The quantitative estimate of drug-likeness (QED) is 0.508. The number of halogens is 1. The second-order valence-electron chi connectivity index (χ2n) is 4.75. The summed E-state index contributed by atoms with van der Waals surface area (Å²) >= 11 is 4.77. The largest absolute Gasteiger partial charge is 0.465 e. The Morgan fingerprint density at radius 1 is 1.30 bits per heavy atom. The number of carbonyl (C=O) groups excluding carboxylic acids is 2. The minimum Gasteiger partial charge on any atom is -0.465 e. The Kier molecular flexibility index (Phi) is 5.60. The van der Waals surface area contributed by atoms with E-state index in [1.54, 1.807) is 0 Å². The van der Waals surface area contributed by atoms with Gasteiger partial charge in [-0.3, -0.25) is 4.79 Å². The molecule has 0 fully saturated rings. The number of aryl methyl sites for hydroxylation is 1. The van der Waals surface area contributed by atoms with Gasteiger partial charge in [0.15, 0.2) is 0 Å². The number of esters is 1. The van der Waals surface area contributed by atoms with E-state index in [-0.39, 0.29) is 11.9 Å². The molecule has 1 aromatic heterocycles. The molecule has 0 atom stereocenters. The van der Waals surface area contributed by atoms with E-state index in [9.17, 15) is 9.59 Å². The summed E-state index contributed by atoms with van der Waals surface area (Å²) in [5, 5.41) is 4.11. The van der Waals surface area contributed by atoms with Gasteiger partial charge in [-0.2, -0.15) is 0 Å². The lowest BCUT2D eigenvalue weighted by atomic mass is 10.1. The molecular formula is C14H18BrNO3S. The van der Waals surface area contributed by atoms with Gasteiger partial charge in [-0.05, 0) is 31.2 Å². The standard InChI is InChI=1S/C14H18BrNO3S/c1-19-14(18)12-9-5-3-2-4-6-10(9)20-13(12)16-11(17)7-8-15/h2-8H2,1H3,(H,16,17). The van der Waals surface area contributed by atoms with Crippen LogP contribution in [0.4, 0.5) is 5.00 Å². The zero-order valence-corrected chi connectivity index (χ0v) is 13.9. The smallest absolute Gasteiger partial charge is 0.341 e. The summed E-state index contributed by atoms with van der Waals surface area (Å²) < 4.78 is 4.89. The second-order valence-corrected chi connectivity index (χ2v) is 6.65. The number of amides is 1. The van der Waals surface area contributed by atoms with Crippen molar-refractivity contribution in [1.82, 2.24) is 0 Å². The monoisotopic (exact) mass is 359 g/mol. The van der Waals surface area contributed by atoms with E-state index >= 15 is 0 Å². The Balaban J connectivity index is 2.35. The summed E-state index contributed by atoms with van der Waals surface area (Å²) in [6.07, 6.45) is 5.69. The summed E-state index contributed by atoms with van der Waals surface area (Å²) in [4.78, 5) is 25.0. The number of hydrogen-bond donors (Lipinski definition) is 1. The maximum atomic E-state index is 12.0. The van der Waals surface area contributed by atoms with Gasteiger partial charge in [0, 0.05) is 16.6 Å².